The van der Waals surface area contributed by atoms with Crippen LogP contribution in [0.1, 0.15) is 90.7 Å². The zero-order valence-corrected chi connectivity index (χ0v) is 39.5. The lowest BCUT2D eigenvalue weighted by Gasteiger charge is -2.32. The molecule has 2 nitrogen and oxygen atoms in total. The maximum atomic E-state index is 5.95. The van der Waals surface area contributed by atoms with Crippen LogP contribution < -0.4 is 0 Å². The van der Waals surface area contributed by atoms with Crippen molar-refractivity contribution in [1.29, 1.82) is 0 Å². The Kier molecular flexibility index (Phi) is 7.49. The van der Waals surface area contributed by atoms with Gasteiger partial charge in [0, 0.05) is 44.7 Å². The van der Waals surface area contributed by atoms with Crippen LogP contribution in [0, 0.1) is 25.7 Å². The third-order valence-corrected chi connectivity index (χ3v) is 17.1. The molecule has 68 heavy (non-hydrogen) atoms. The Labute approximate surface area is 398 Å². The maximum Gasteiger partial charge on any atom is 0.0753 e. The number of hydrogen-bond donors (Lipinski definition) is 0. The summed E-state index contributed by atoms with van der Waals surface area (Å²) in [5.74, 6) is 0.313. The Bertz CT molecular complexity index is 3910. The van der Waals surface area contributed by atoms with E-state index in [0.717, 1.165) is 29.9 Å². The van der Waals surface area contributed by atoms with Gasteiger partial charge in [-0.1, -0.05) is 178 Å². The van der Waals surface area contributed by atoms with E-state index in [1.165, 1.54) is 139 Å². The third-order valence-electron chi connectivity index (χ3n) is 17.1. The fraction of sp³-hybridized carbons (Fsp3) is 0.182. The van der Waals surface area contributed by atoms with E-state index in [4.69, 9.17) is 9.97 Å². The van der Waals surface area contributed by atoms with Crippen molar-refractivity contribution in [3.8, 4) is 56.0 Å². The summed E-state index contributed by atoms with van der Waals surface area (Å²) >= 11 is 0. The predicted molar refractivity (Wildman–Crippen MR) is 284 cm³/mol. The molecule has 2 atom stereocenters. The molecule has 0 radical (unpaired) electrons. The van der Waals surface area contributed by atoms with Gasteiger partial charge < -0.3 is 0 Å². The number of aryl methyl sites for hydroxylation is 2. The van der Waals surface area contributed by atoms with Crippen LogP contribution in [0.5, 0.6) is 0 Å². The van der Waals surface area contributed by atoms with Crippen molar-refractivity contribution >= 4 is 43.8 Å². The van der Waals surface area contributed by atoms with Crippen LogP contribution in [-0.2, 0) is 10.8 Å². The van der Waals surface area contributed by atoms with Crippen LogP contribution >= 0.6 is 0 Å². The molecule has 7 aliphatic rings. The zero-order chi connectivity index (χ0) is 45.5. The number of rotatable bonds is 3. The topological polar surface area (TPSA) is 25.8 Å². The summed E-state index contributed by atoms with van der Waals surface area (Å²) in [7, 11) is 0. The first kappa shape index (κ1) is 38.7. The first-order valence-electron chi connectivity index (χ1n) is 24.7. The normalized spacial score (nSPS) is 19.8. The van der Waals surface area contributed by atoms with Gasteiger partial charge in [-0.3, -0.25) is 0 Å². The maximum absolute atomic E-state index is 5.95. The fourth-order valence-electron chi connectivity index (χ4n) is 14.2. The molecule has 324 valence electrons. The van der Waals surface area contributed by atoms with Gasteiger partial charge in [-0.15, -0.1) is 0 Å². The highest BCUT2D eigenvalue weighted by atomic mass is 14.8. The average Bonchev–Trinajstić information content (AvgIpc) is 4.01. The van der Waals surface area contributed by atoms with Crippen molar-refractivity contribution in [2.75, 3.05) is 0 Å². The molecule has 2 aromatic heterocycles. The van der Waals surface area contributed by atoms with E-state index in [2.05, 4.69) is 199 Å². The van der Waals surface area contributed by atoms with Crippen molar-refractivity contribution in [3.63, 3.8) is 0 Å². The number of hydrogen-bond acceptors (Lipinski definition) is 2. The van der Waals surface area contributed by atoms with Crippen LogP contribution in [0.2, 0.25) is 0 Å². The number of pyridine rings is 2. The van der Waals surface area contributed by atoms with Gasteiger partial charge in [-0.2, -0.15) is 0 Å². The van der Waals surface area contributed by atoms with Gasteiger partial charge in [0.2, 0.25) is 0 Å². The smallest absolute Gasteiger partial charge is 0.0753 e. The first-order valence-corrected chi connectivity index (χ1v) is 24.7. The summed E-state index contributed by atoms with van der Waals surface area (Å²) in [6, 6.07) is 44.1. The molecule has 0 spiro atoms. The van der Waals surface area contributed by atoms with Gasteiger partial charge in [-0.25, -0.2) is 9.97 Å². The highest BCUT2D eigenvalue weighted by molar-refractivity contribution is 6.31. The van der Waals surface area contributed by atoms with E-state index in [0.29, 0.717) is 0 Å². The Balaban J connectivity index is 1.12. The van der Waals surface area contributed by atoms with E-state index in [9.17, 15) is 0 Å². The average molecular weight is 871 g/mol. The summed E-state index contributed by atoms with van der Waals surface area (Å²) in [6.07, 6.45) is 19.0. The summed E-state index contributed by atoms with van der Waals surface area (Å²) < 4.78 is 0. The lowest BCUT2D eigenvalue weighted by atomic mass is 9.71. The predicted octanol–water partition coefficient (Wildman–Crippen LogP) is 16.8. The summed E-state index contributed by atoms with van der Waals surface area (Å²) in [4.78, 5) is 11.8. The van der Waals surface area contributed by atoms with E-state index >= 15 is 0 Å². The van der Waals surface area contributed by atoms with Gasteiger partial charge >= 0.3 is 0 Å². The highest BCUT2D eigenvalue weighted by Crippen LogP contribution is 2.64. The molecule has 7 aliphatic carbocycles. The molecule has 2 heterocycles. The van der Waals surface area contributed by atoms with Gasteiger partial charge in [0.1, 0.15) is 0 Å². The van der Waals surface area contributed by atoms with Gasteiger partial charge in [0.15, 0.2) is 0 Å². The minimum absolute atomic E-state index is 0.103. The van der Waals surface area contributed by atoms with E-state index in [-0.39, 0.29) is 22.7 Å². The highest BCUT2D eigenvalue weighted by Gasteiger charge is 2.46. The van der Waals surface area contributed by atoms with Crippen LogP contribution in [0.3, 0.4) is 0 Å². The van der Waals surface area contributed by atoms with Crippen molar-refractivity contribution in [2.45, 2.75) is 65.2 Å². The Hall–Kier alpha value is -7.42. The summed E-state index contributed by atoms with van der Waals surface area (Å²) in [5, 5.41) is 5.12. The summed E-state index contributed by atoms with van der Waals surface area (Å²) in [6.45, 7) is 13.9. The molecule has 0 amide bonds. The third kappa shape index (κ3) is 4.83. The number of allylic oxidation sites excluding steroid dienone is 12. The molecule has 0 bridgehead atoms. The van der Waals surface area contributed by atoms with Crippen LogP contribution in [0.25, 0.3) is 99.9 Å². The molecule has 0 saturated carbocycles. The number of benzene rings is 6. The molecule has 8 aromatic rings. The SMILES string of the molecule is Cc1cc(C)cc(C2=CC=C3c4c(c(-c5ccc6c(n5)C5=C(C=CCC5)C6(C)C)c5c(cc6c7c(cccc75)-c5ccccc5-6)c4-c4ccc5c(n4)-c4ccccc4C5(C)C)C4=CC=CC2[C@H]34)c1. The number of nitrogens with zero attached hydrogens (tertiary/aromatic N) is 2. The quantitative estimate of drug-likeness (QED) is 0.165. The molecule has 1 unspecified atom stereocenters. The molecule has 0 aliphatic heterocycles. The van der Waals surface area contributed by atoms with Gasteiger partial charge in [-0.05, 0) is 145 Å². The van der Waals surface area contributed by atoms with Crippen molar-refractivity contribution in [2.24, 2.45) is 11.8 Å². The second kappa shape index (κ2) is 13.2. The lowest BCUT2D eigenvalue weighted by molar-refractivity contribution is 0.649. The second-order valence-corrected chi connectivity index (χ2v) is 21.6. The first-order chi connectivity index (χ1) is 33.1. The van der Waals surface area contributed by atoms with E-state index < -0.39 is 0 Å². The summed E-state index contributed by atoms with van der Waals surface area (Å²) in [5.41, 5.74) is 30.5. The zero-order valence-electron chi connectivity index (χ0n) is 39.5. The van der Waals surface area contributed by atoms with Crippen LogP contribution in [-0.4, -0.2) is 9.97 Å². The van der Waals surface area contributed by atoms with Crippen LogP contribution in [0.15, 0.2) is 163 Å². The minimum atomic E-state index is -0.148. The molecule has 15 rings (SSSR count). The van der Waals surface area contributed by atoms with Crippen LogP contribution in [0.4, 0.5) is 0 Å². The Morgan fingerprint density at radius 1 is 0.515 bits per heavy atom. The largest absolute Gasteiger partial charge is 0.248 e. The Morgan fingerprint density at radius 3 is 1.99 bits per heavy atom. The molecular weight excluding hydrogens is 821 g/mol. The van der Waals surface area contributed by atoms with Crippen molar-refractivity contribution in [1.82, 2.24) is 9.97 Å². The molecule has 6 aromatic carbocycles. The minimum Gasteiger partial charge on any atom is -0.248 e. The molecule has 2 heteroatoms. The fourth-order valence-corrected chi connectivity index (χ4v) is 14.2. The molecule has 0 N–H and O–H groups in total. The van der Waals surface area contributed by atoms with Gasteiger partial charge in [0.05, 0.1) is 22.8 Å². The van der Waals surface area contributed by atoms with Crippen molar-refractivity contribution < 1.29 is 0 Å². The van der Waals surface area contributed by atoms with Crippen molar-refractivity contribution in [3.05, 3.63) is 214 Å². The van der Waals surface area contributed by atoms with E-state index in [1.54, 1.807) is 0 Å². The number of fused-ring (bicyclic) bond motifs is 13. The second-order valence-electron chi connectivity index (χ2n) is 21.6. The molecular formula is C66H50N2. The monoisotopic (exact) mass is 870 g/mol. The van der Waals surface area contributed by atoms with E-state index in [1.807, 2.05) is 0 Å². The number of aromatic nitrogens is 2. The Morgan fingerprint density at radius 2 is 1.18 bits per heavy atom. The molecule has 0 fully saturated rings. The standard InChI is InChI=1S/C66H50N2/c1-35-31-36(2)33-37(32-35)38-25-26-47-56-41(38)19-13-22-46(56)61-60(47)59(54-29-27-52-63(67-54)43-17-9-11-23-50(43)65(52,3)4)49-34-48-40-16-8-7-15-39(40)42-20-14-21-45(57(42)48)58(49)62(61)55-30-28-53-64(68-55)44-18-10-12-24-51(44)66(53,5)6/h7-9,11-17,19-34,41,56H,10,18H2,1-6H3/t41?,56-/m0/s1. The lowest BCUT2D eigenvalue weighted by Crippen LogP contribution is -2.18. The molecule has 0 saturated heterocycles. The van der Waals surface area contributed by atoms with Gasteiger partial charge in [0.25, 0.3) is 0 Å².